The lowest BCUT2D eigenvalue weighted by Gasteiger charge is -2.32. The Morgan fingerprint density at radius 3 is 2.33 bits per heavy atom. The van der Waals surface area contributed by atoms with Gasteiger partial charge in [0.15, 0.2) is 0 Å². The second kappa shape index (κ2) is 6.55. The number of hydrogen-bond acceptors (Lipinski definition) is 3. The largest absolute Gasteiger partial charge is 0.393 e. The molecule has 4 nitrogen and oxygen atoms in total. The van der Waals surface area contributed by atoms with Crippen LogP contribution in [0.1, 0.15) is 64.2 Å². The molecule has 3 rings (SSSR count). The number of rotatable bonds is 4. The van der Waals surface area contributed by atoms with Crippen molar-refractivity contribution < 1.29 is 13.5 Å². The zero-order chi connectivity index (χ0) is 14.9. The molecule has 0 bridgehead atoms. The van der Waals surface area contributed by atoms with Crippen LogP contribution in [-0.4, -0.2) is 42.3 Å². The molecule has 3 atom stereocenters. The molecule has 3 fully saturated rings. The van der Waals surface area contributed by atoms with Gasteiger partial charge in [-0.05, 0) is 44.4 Å². The van der Waals surface area contributed by atoms with Gasteiger partial charge in [-0.15, -0.1) is 0 Å². The van der Waals surface area contributed by atoms with Crippen molar-refractivity contribution >= 4 is 10.0 Å². The molecule has 0 aromatic heterocycles. The maximum absolute atomic E-state index is 12.8. The average molecular weight is 315 g/mol. The quantitative estimate of drug-likeness (QED) is 0.867. The molecule has 3 aliphatic rings. The first kappa shape index (κ1) is 15.8. The summed E-state index contributed by atoms with van der Waals surface area (Å²) in [7, 11) is -3.15. The van der Waals surface area contributed by atoms with Gasteiger partial charge in [0, 0.05) is 18.5 Å². The molecule has 0 spiro atoms. The summed E-state index contributed by atoms with van der Waals surface area (Å²) in [6, 6.07) is 0.0658. The van der Waals surface area contributed by atoms with Crippen LogP contribution in [0, 0.1) is 11.8 Å². The molecule has 0 aromatic rings. The van der Waals surface area contributed by atoms with Gasteiger partial charge in [0.05, 0.1) is 11.9 Å². The topological polar surface area (TPSA) is 57.6 Å². The summed E-state index contributed by atoms with van der Waals surface area (Å²) in [5.74, 6) is 0.874. The number of hydrogen-bond donors (Lipinski definition) is 1. The van der Waals surface area contributed by atoms with Gasteiger partial charge < -0.3 is 5.11 Å². The van der Waals surface area contributed by atoms with Crippen LogP contribution in [0.25, 0.3) is 0 Å². The van der Waals surface area contributed by atoms with E-state index < -0.39 is 10.0 Å². The fourth-order valence-corrected chi connectivity index (χ4v) is 6.91. The number of nitrogens with zero attached hydrogens (tertiary/aromatic N) is 1. The lowest BCUT2D eigenvalue weighted by molar-refractivity contribution is 0.0973. The number of aliphatic hydroxyl groups is 1. The predicted molar refractivity (Wildman–Crippen MR) is 83.4 cm³/mol. The van der Waals surface area contributed by atoms with Crippen molar-refractivity contribution in [2.45, 2.75) is 76.4 Å². The first-order valence-electron chi connectivity index (χ1n) is 8.75. The van der Waals surface area contributed by atoms with Gasteiger partial charge in [0.25, 0.3) is 0 Å². The van der Waals surface area contributed by atoms with Crippen molar-refractivity contribution in [1.82, 2.24) is 4.31 Å². The van der Waals surface area contributed by atoms with E-state index in [1.54, 1.807) is 4.31 Å². The Morgan fingerprint density at radius 1 is 0.905 bits per heavy atom. The first-order chi connectivity index (χ1) is 10.1. The van der Waals surface area contributed by atoms with E-state index in [9.17, 15) is 13.5 Å². The van der Waals surface area contributed by atoms with Gasteiger partial charge in [-0.3, -0.25) is 0 Å². The third kappa shape index (κ3) is 3.45. The van der Waals surface area contributed by atoms with Crippen LogP contribution in [0.3, 0.4) is 0 Å². The molecule has 122 valence electrons. The molecule has 3 unspecified atom stereocenters. The molecule has 21 heavy (non-hydrogen) atoms. The van der Waals surface area contributed by atoms with Crippen LogP contribution in [0.5, 0.6) is 0 Å². The summed E-state index contributed by atoms with van der Waals surface area (Å²) in [6.07, 6.45) is 10.3. The summed E-state index contributed by atoms with van der Waals surface area (Å²) in [5.41, 5.74) is 0. The molecular formula is C16H29NO3S. The van der Waals surface area contributed by atoms with Crippen LogP contribution < -0.4 is 0 Å². The van der Waals surface area contributed by atoms with E-state index >= 15 is 0 Å². The Labute approximate surface area is 129 Å². The summed E-state index contributed by atoms with van der Waals surface area (Å²) >= 11 is 0. The standard InChI is InChI=1S/C16H29NO3S/c18-16-10-4-8-14(16)15-9-5-11-17(15)21(19,20)12-13-6-2-1-3-7-13/h13-16,18H,1-12H2. The summed E-state index contributed by atoms with van der Waals surface area (Å²) in [5, 5.41) is 10.1. The Bertz CT molecular complexity index is 444. The van der Waals surface area contributed by atoms with Crippen LogP contribution in [0.4, 0.5) is 0 Å². The highest BCUT2D eigenvalue weighted by Crippen LogP contribution is 2.38. The minimum Gasteiger partial charge on any atom is -0.393 e. The van der Waals surface area contributed by atoms with Crippen LogP contribution in [0.15, 0.2) is 0 Å². The lowest BCUT2D eigenvalue weighted by atomic mass is 9.91. The lowest BCUT2D eigenvalue weighted by Crippen LogP contribution is -2.44. The molecule has 2 saturated carbocycles. The molecule has 1 heterocycles. The molecule has 0 radical (unpaired) electrons. The highest BCUT2D eigenvalue weighted by molar-refractivity contribution is 7.89. The Hall–Kier alpha value is -0.130. The van der Waals surface area contributed by atoms with E-state index in [0.29, 0.717) is 18.2 Å². The third-order valence-electron chi connectivity index (χ3n) is 5.80. The van der Waals surface area contributed by atoms with Crippen molar-refractivity contribution in [3.8, 4) is 0 Å². The summed E-state index contributed by atoms with van der Waals surface area (Å²) in [6.45, 7) is 0.670. The van der Waals surface area contributed by atoms with Crippen molar-refractivity contribution in [1.29, 1.82) is 0 Å². The molecule has 2 aliphatic carbocycles. The van der Waals surface area contributed by atoms with Gasteiger partial charge in [-0.2, -0.15) is 4.31 Å². The molecule has 0 amide bonds. The first-order valence-corrected chi connectivity index (χ1v) is 10.4. The Morgan fingerprint density at radius 2 is 1.67 bits per heavy atom. The Kier molecular flexibility index (Phi) is 4.91. The van der Waals surface area contributed by atoms with Crippen LogP contribution in [-0.2, 0) is 10.0 Å². The second-order valence-electron chi connectivity index (χ2n) is 7.26. The van der Waals surface area contributed by atoms with Gasteiger partial charge in [0.2, 0.25) is 10.0 Å². The fraction of sp³-hybridized carbons (Fsp3) is 1.00. The van der Waals surface area contributed by atoms with E-state index in [0.717, 1.165) is 44.9 Å². The van der Waals surface area contributed by atoms with E-state index in [2.05, 4.69) is 0 Å². The number of aliphatic hydroxyl groups excluding tert-OH is 1. The van der Waals surface area contributed by atoms with Gasteiger partial charge in [0.1, 0.15) is 0 Å². The van der Waals surface area contributed by atoms with E-state index in [-0.39, 0.29) is 18.1 Å². The highest BCUT2D eigenvalue weighted by Gasteiger charge is 2.43. The fourth-order valence-electron chi connectivity index (χ4n) is 4.70. The molecule has 1 saturated heterocycles. The zero-order valence-corrected chi connectivity index (χ0v) is 13.7. The molecule has 1 aliphatic heterocycles. The zero-order valence-electron chi connectivity index (χ0n) is 12.9. The summed E-state index contributed by atoms with van der Waals surface area (Å²) < 4.78 is 27.4. The normalized spacial score (nSPS) is 36.3. The molecule has 5 heteroatoms. The van der Waals surface area contributed by atoms with Crippen molar-refractivity contribution in [2.75, 3.05) is 12.3 Å². The SMILES string of the molecule is O=S(=O)(CC1CCCCC1)N1CCCC1C1CCCC1O. The minimum absolute atomic E-state index is 0.0658. The molecule has 1 N–H and O–H groups in total. The predicted octanol–water partition coefficient (Wildman–Crippen LogP) is 2.52. The molecule has 0 aromatic carbocycles. The maximum atomic E-state index is 12.8. The molecular weight excluding hydrogens is 286 g/mol. The van der Waals surface area contributed by atoms with E-state index in [4.69, 9.17) is 0 Å². The van der Waals surface area contributed by atoms with Gasteiger partial charge in [-0.25, -0.2) is 8.42 Å². The van der Waals surface area contributed by atoms with E-state index in [1.807, 2.05) is 0 Å². The minimum atomic E-state index is -3.15. The van der Waals surface area contributed by atoms with Gasteiger partial charge in [-0.1, -0.05) is 25.7 Å². The maximum Gasteiger partial charge on any atom is 0.214 e. The van der Waals surface area contributed by atoms with Crippen molar-refractivity contribution in [3.05, 3.63) is 0 Å². The average Bonchev–Trinajstić information content (AvgIpc) is 3.07. The Balaban J connectivity index is 1.68. The third-order valence-corrected chi connectivity index (χ3v) is 7.86. The van der Waals surface area contributed by atoms with Crippen molar-refractivity contribution in [3.63, 3.8) is 0 Å². The number of sulfonamides is 1. The highest BCUT2D eigenvalue weighted by atomic mass is 32.2. The van der Waals surface area contributed by atoms with Gasteiger partial charge >= 0.3 is 0 Å². The smallest absolute Gasteiger partial charge is 0.214 e. The second-order valence-corrected chi connectivity index (χ2v) is 9.23. The summed E-state index contributed by atoms with van der Waals surface area (Å²) in [4.78, 5) is 0. The monoisotopic (exact) mass is 315 g/mol. The van der Waals surface area contributed by atoms with Crippen LogP contribution in [0.2, 0.25) is 0 Å². The van der Waals surface area contributed by atoms with E-state index in [1.165, 1.54) is 19.3 Å². The van der Waals surface area contributed by atoms with Crippen molar-refractivity contribution in [2.24, 2.45) is 11.8 Å². The van der Waals surface area contributed by atoms with Crippen LogP contribution >= 0.6 is 0 Å².